The first-order valence-electron chi connectivity index (χ1n) is 7.07. The highest BCUT2D eigenvalue weighted by molar-refractivity contribution is 7.10. The highest BCUT2D eigenvalue weighted by Crippen LogP contribution is 2.27. The van der Waals surface area contributed by atoms with E-state index in [1.165, 1.54) is 18.2 Å². The number of likely N-dealkylation sites (N-methyl/N-ethyl adjacent to an activating group) is 1. The molecule has 0 aliphatic carbocycles. The molecule has 0 aliphatic rings. The second-order valence-corrected chi connectivity index (χ2v) is 6.64. The maximum Gasteiger partial charge on any atom is 0.319 e. The monoisotopic (exact) mass is 368 g/mol. The topological polar surface area (TPSA) is 87.5 Å². The summed E-state index contributed by atoms with van der Waals surface area (Å²) in [6.07, 6.45) is 0. The number of halogens is 1. The SMILES string of the molecule is CN(C)[C@@H](CNC(=O)Nc1ccc(Cl)c([N+](=O)[O-])c1)c1cccs1. The van der Waals surface area contributed by atoms with Crippen molar-refractivity contribution in [3.63, 3.8) is 0 Å². The van der Waals surface area contributed by atoms with Crippen molar-refractivity contribution >= 4 is 40.3 Å². The number of urea groups is 1. The summed E-state index contributed by atoms with van der Waals surface area (Å²) in [5.74, 6) is 0. The van der Waals surface area contributed by atoms with Crippen LogP contribution in [-0.4, -0.2) is 36.5 Å². The Labute approximate surface area is 148 Å². The Morgan fingerprint density at radius 1 is 1.42 bits per heavy atom. The minimum absolute atomic E-state index is 0.0244. The fourth-order valence-electron chi connectivity index (χ4n) is 2.11. The highest BCUT2D eigenvalue weighted by atomic mass is 35.5. The molecule has 1 atom stereocenters. The van der Waals surface area contributed by atoms with Crippen LogP contribution < -0.4 is 10.6 Å². The largest absolute Gasteiger partial charge is 0.336 e. The fourth-order valence-corrected chi connectivity index (χ4v) is 3.22. The van der Waals surface area contributed by atoms with E-state index in [4.69, 9.17) is 11.6 Å². The van der Waals surface area contributed by atoms with E-state index in [2.05, 4.69) is 10.6 Å². The van der Waals surface area contributed by atoms with Gasteiger partial charge in [0.1, 0.15) is 5.02 Å². The summed E-state index contributed by atoms with van der Waals surface area (Å²) in [5.41, 5.74) is 0.0559. The van der Waals surface area contributed by atoms with Crippen LogP contribution in [0.2, 0.25) is 5.02 Å². The minimum atomic E-state index is -0.593. The summed E-state index contributed by atoms with van der Waals surface area (Å²) in [6.45, 7) is 0.412. The van der Waals surface area contributed by atoms with E-state index >= 15 is 0 Å². The lowest BCUT2D eigenvalue weighted by molar-refractivity contribution is -0.384. The van der Waals surface area contributed by atoms with Gasteiger partial charge >= 0.3 is 6.03 Å². The molecule has 0 fully saturated rings. The number of nitrogens with zero attached hydrogens (tertiary/aromatic N) is 2. The molecule has 2 rings (SSSR count). The molecule has 2 aromatic rings. The smallest absolute Gasteiger partial charge is 0.319 e. The van der Waals surface area contributed by atoms with Crippen LogP contribution in [0.5, 0.6) is 0 Å². The van der Waals surface area contributed by atoms with Gasteiger partial charge in [-0.1, -0.05) is 17.7 Å². The Morgan fingerprint density at radius 2 is 2.17 bits per heavy atom. The Bertz CT molecular complexity index is 722. The molecule has 0 spiro atoms. The standard InChI is InChI=1S/C15H17ClN4O3S/c1-19(2)13(14-4-3-7-24-14)9-17-15(21)18-10-5-6-11(16)12(8-10)20(22)23/h3-8,13H,9H2,1-2H3,(H2,17,18,21)/t13-/m0/s1. The van der Waals surface area contributed by atoms with Gasteiger partial charge in [-0.05, 0) is 37.7 Å². The lowest BCUT2D eigenvalue weighted by atomic mass is 10.2. The van der Waals surface area contributed by atoms with Gasteiger partial charge in [-0.2, -0.15) is 0 Å². The van der Waals surface area contributed by atoms with Gasteiger partial charge in [0.15, 0.2) is 0 Å². The maximum atomic E-state index is 12.0. The molecule has 0 saturated carbocycles. The Kier molecular flexibility index (Phi) is 6.13. The molecule has 0 saturated heterocycles. The fraction of sp³-hybridized carbons (Fsp3) is 0.267. The third kappa shape index (κ3) is 4.67. The molecule has 0 aliphatic heterocycles. The van der Waals surface area contributed by atoms with E-state index in [0.29, 0.717) is 12.2 Å². The number of anilines is 1. The quantitative estimate of drug-likeness (QED) is 0.600. The van der Waals surface area contributed by atoms with Gasteiger partial charge in [-0.15, -0.1) is 11.3 Å². The van der Waals surface area contributed by atoms with Crippen molar-refractivity contribution < 1.29 is 9.72 Å². The van der Waals surface area contributed by atoms with E-state index in [0.717, 1.165) is 4.88 Å². The lowest BCUT2D eigenvalue weighted by Gasteiger charge is -2.23. The zero-order valence-electron chi connectivity index (χ0n) is 13.2. The van der Waals surface area contributed by atoms with Crippen LogP contribution in [-0.2, 0) is 0 Å². The number of hydrogen-bond donors (Lipinski definition) is 2. The Hall–Kier alpha value is -2.16. The van der Waals surface area contributed by atoms with E-state index in [1.54, 1.807) is 11.3 Å². The number of amides is 2. The summed E-state index contributed by atoms with van der Waals surface area (Å²) in [4.78, 5) is 25.5. The predicted molar refractivity (Wildman–Crippen MR) is 95.9 cm³/mol. The number of nitro benzene ring substituents is 1. The van der Waals surface area contributed by atoms with Crippen LogP contribution in [0, 0.1) is 10.1 Å². The molecule has 2 amide bonds. The van der Waals surface area contributed by atoms with Gasteiger partial charge in [0.2, 0.25) is 0 Å². The van der Waals surface area contributed by atoms with Crippen molar-refractivity contribution in [3.8, 4) is 0 Å². The third-order valence-electron chi connectivity index (χ3n) is 3.35. The van der Waals surface area contributed by atoms with Crippen LogP contribution in [0.1, 0.15) is 10.9 Å². The zero-order chi connectivity index (χ0) is 17.7. The molecular formula is C15H17ClN4O3S. The van der Waals surface area contributed by atoms with Crippen molar-refractivity contribution in [2.24, 2.45) is 0 Å². The summed E-state index contributed by atoms with van der Waals surface area (Å²) in [5, 5.41) is 18.2. The average Bonchev–Trinajstić information content (AvgIpc) is 3.03. The minimum Gasteiger partial charge on any atom is -0.336 e. The molecule has 9 heteroatoms. The van der Waals surface area contributed by atoms with Gasteiger partial charge in [0, 0.05) is 23.2 Å². The van der Waals surface area contributed by atoms with E-state index < -0.39 is 11.0 Å². The Morgan fingerprint density at radius 3 is 2.75 bits per heavy atom. The molecule has 1 aromatic carbocycles. The number of nitrogens with one attached hydrogen (secondary N) is 2. The van der Waals surface area contributed by atoms with E-state index in [1.807, 2.05) is 36.5 Å². The number of hydrogen-bond acceptors (Lipinski definition) is 5. The first kappa shape index (κ1) is 18.2. The highest BCUT2D eigenvalue weighted by Gasteiger charge is 2.17. The van der Waals surface area contributed by atoms with Crippen molar-refractivity contribution in [2.75, 3.05) is 26.0 Å². The molecule has 128 valence electrons. The molecule has 0 unspecified atom stereocenters. The number of nitro groups is 1. The van der Waals surface area contributed by atoms with Gasteiger partial charge in [-0.25, -0.2) is 4.79 Å². The number of rotatable bonds is 6. The van der Waals surface area contributed by atoms with Crippen molar-refractivity contribution in [3.05, 3.63) is 55.7 Å². The van der Waals surface area contributed by atoms with Crippen LogP contribution in [0.25, 0.3) is 0 Å². The van der Waals surface area contributed by atoms with Crippen molar-refractivity contribution in [2.45, 2.75) is 6.04 Å². The molecule has 7 nitrogen and oxygen atoms in total. The van der Waals surface area contributed by atoms with Crippen LogP contribution >= 0.6 is 22.9 Å². The maximum absolute atomic E-state index is 12.0. The molecule has 1 heterocycles. The number of carbonyl (C=O) groups excluding carboxylic acids is 1. The Balaban J connectivity index is 1.98. The van der Waals surface area contributed by atoms with Crippen LogP contribution in [0.15, 0.2) is 35.7 Å². The first-order chi connectivity index (χ1) is 11.4. The first-order valence-corrected chi connectivity index (χ1v) is 8.33. The predicted octanol–water partition coefficient (Wildman–Crippen LogP) is 3.73. The summed E-state index contributed by atoms with van der Waals surface area (Å²) < 4.78 is 0. The van der Waals surface area contributed by atoms with Crippen molar-refractivity contribution in [1.82, 2.24) is 10.2 Å². The van der Waals surface area contributed by atoms with Gasteiger partial charge in [-0.3, -0.25) is 10.1 Å². The van der Waals surface area contributed by atoms with E-state index in [-0.39, 0.29) is 16.8 Å². The third-order valence-corrected chi connectivity index (χ3v) is 4.64. The number of benzene rings is 1. The normalized spacial score (nSPS) is 12.0. The average molecular weight is 369 g/mol. The van der Waals surface area contributed by atoms with Crippen molar-refractivity contribution in [1.29, 1.82) is 0 Å². The summed E-state index contributed by atoms with van der Waals surface area (Å²) in [6, 6.07) is 7.71. The molecule has 0 bridgehead atoms. The van der Waals surface area contributed by atoms with E-state index in [9.17, 15) is 14.9 Å². The molecular weight excluding hydrogens is 352 g/mol. The molecule has 0 radical (unpaired) electrons. The van der Waals surface area contributed by atoms with Crippen LogP contribution in [0.3, 0.4) is 0 Å². The van der Waals surface area contributed by atoms with Gasteiger partial charge in [0.25, 0.3) is 5.69 Å². The second kappa shape index (κ2) is 8.09. The van der Waals surface area contributed by atoms with Crippen LogP contribution in [0.4, 0.5) is 16.2 Å². The molecule has 24 heavy (non-hydrogen) atoms. The zero-order valence-corrected chi connectivity index (χ0v) is 14.7. The second-order valence-electron chi connectivity index (χ2n) is 5.25. The van der Waals surface area contributed by atoms with Gasteiger partial charge < -0.3 is 15.5 Å². The lowest BCUT2D eigenvalue weighted by Crippen LogP contribution is -2.36. The number of carbonyl (C=O) groups is 1. The summed E-state index contributed by atoms with van der Waals surface area (Å²) in [7, 11) is 3.87. The van der Waals surface area contributed by atoms with Gasteiger partial charge in [0.05, 0.1) is 11.0 Å². The number of thiophene rings is 1. The summed E-state index contributed by atoms with van der Waals surface area (Å²) >= 11 is 7.37. The molecule has 1 aromatic heterocycles. The molecule has 2 N–H and O–H groups in total.